The molecule has 4 rings (SSSR count). The molecule has 2 unspecified atom stereocenters. The summed E-state index contributed by atoms with van der Waals surface area (Å²) in [5.74, 6) is 2.49. The van der Waals surface area contributed by atoms with Crippen LogP contribution < -0.4 is 14.8 Å². The Morgan fingerprint density at radius 1 is 1.24 bits per heavy atom. The molecular weight excluding hydrogens is 322 g/mol. The number of nitrogens with zero attached hydrogens (tertiary/aromatic N) is 4. The van der Waals surface area contributed by atoms with Gasteiger partial charge in [-0.1, -0.05) is 5.16 Å². The highest BCUT2D eigenvalue weighted by Crippen LogP contribution is 2.35. The molecule has 0 amide bonds. The number of hydrogen-bond donors (Lipinski definition) is 1. The van der Waals surface area contributed by atoms with Crippen LogP contribution in [0.2, 0.25) is 0 Å². The van der Waals surface area contributed by atoms with Gasteiger partial charge in [0.25, 0.3) is 0 Å². The third-order valence-corrected chi connectivity index (χ3v) is 4.34. The van der Waals surface area contributed by atoms with Gasteiger partial charge in [-0.3, -0.25) is 4.68 Å². The second-order valence-electron chi connectivity index (χ2n) is 5.98. The van der Waals surface area contributed by atoms with E-state index < -0.39 is 0 Å². The van der Waals surface area contributed by atoms with Crippen LogP contribution in [-0.4, -0.2) is 32.8 Å². The van der Waals surface area contributed by atoms with E-state index in [0.29, 0.717) is 24.0 Å². The van der Waals surface area contributed by atoms with Crippen LogP contribution in [0.3, 0.4) is 0 Å². The van der Waals surface area contributed by atoms with Gasteiger partial charge in [-0.15, -0.1) is 0 Å². The summed E-state index contributed by atoms with van der Waals surface area (Å²) in [5, 5.41) is 11.7. The summed E-state index contributed by atoms with van der Waals surface area (Å²) < 4.78 is 17.9. The maximum Gasteiger partial charge on any atom is 0.240 e. The summed E-state index contributed by atoms with van der Waals surface area (Å²) in [4.78, 5) is 4.44. The SMILES string of the molecule is CC(NCc1nc(-c2ccc3c(c2)OCO3)no1)C(C)n1cccn1. The van der Waals surface area contributed by atoms with E-state index in [1.807, 2.05) is 35.1 Å². The molecule has 0 bridgehead atoms. The zero-order chi connectivity index (χ0) is 17.2. The molecule has 2 aromatic heterocycles. The summed E-state index contributed by atoms with van der Waals surface area (Å²) in [7, 11) is 0. The molecular formula is C17H19N5O3. The molecule has 3 aromatic rings. The molecule has 0 fully saturated rings. The Hall–Kier alpha value is -2.87. The third-order valence-electron chi connectivity index (χ3n) is 4.34. The van der Waals surface area contributed by atoms with Gasteiger partial charge in [0.15, 0.2) is 11.5 Å². The van der Waals surface area contributed by atoms with Crippen molar-refractivity contribution < 1.29 is 14.0 Å². The molecule has 8 heteroatoms. The van der Waals surface area contributed by atoms with Crippen molar-refractivity contribution in [3.8, 4) is 22.9 Å². The van der Waals surface area contributed by atoms with Crippen LogP contribution in [0.25, 0.3) is 11.4 Å². The van der Waals surface area contributed by atoms with Crippen molar-refractivity contribution >= 4 is 0 Å². The van der Waals surface area contributed by atoms with Crippen LogP contribution in [0, 0.1) is 0 Å². The quantitative estimate of drug-likeness (QED) is 0.736. The van der Waals surface area contributed by atoms with Crippen molar-refractivity contribution in [1.29, 1.82) is 0 Å². The highest BCUT2D eigenvalue weighted by atomic mass is 16.7. The van der Waals surface area contributed by atoms with Crippen LogP contribution in [0.1, 0.15) is 25.8 Å². The number of rotatable bonds is 6. The molecule has 0 saturated carbocycles. The van der Waals surface area contributed by atoms with Crippen molar-refractivity contribution in [1.82, 2.24) is 25.2 Å². The predicted octanol–water partition coefficient (Wildman–Crippen LogP) is 2.40. The zero-order valence-electron chi connectivity index (χ0n) is 14.0. The first kappa shape index (κ1) is 15.6. The molecule has 1 aliphatic rings. The Bertz CT molecular complexity index is 846. The van der Waals surface area contributed by atoms with Gasteiger partial charge in [-0.05, 0) is 38.1 Å². The minimum Gasteiger partial charge on any atom is -0.454 e. The van der Waals surface area contributed by atoms with Crippen molar-refractivity contribution in [2.45, 2.75) is 32.5 Å². The van der Waals surface area contributed by atoms with E-state index in [2.05, 4.69) is 34.4 Å². The summed E-state index contributed by atoms with van der Waals surface area (Å²) in [6.07, 6.45) is 3.73. The summed E-state index contributed by atoms with van der Waals surface area (Å²) in [6.45, 7) is 4.94. The van der Waals surface area contributed by atoms with Gasteiger partial charge in [0.1, 0.15) is 0 Å². The minimum atomic E-state index is 0.195. The molecule has 0 spiro atoms. The van der Waals surface area contributed by atoms with Crippen molar-refractivity contribution in [2.24, 2.45) is 0 Å². The Balaban J connectivity index is 1.40. The average Bonchev–Trinajstić information content (AvgIpc) is 3.39. The van der Waals surface area contributed by atoms with Crippen molar-refractivity contribution in [3.05, 3.63) is 42.5 Å². The lowest BCUT2D eigenvalue weighted by atomic mass is 10.2. The Morgan fingerprint density at radius 3 is 2.96 bits per heavy atom. The van der Waals surface area contributed by atoms with E-state index in [1.165, 1.54) is 0 Å². The van der Waals surface area contributed by atoms with Crippen LogP contribution in [0.4, 0.5) is 0 Å². The van der Waals surface area contributed by atoms with Crippen LogP contribution >= 0.6 is 0 Å². The van der Waals surface area contributed by atoms with Gasteiger partial charge in [-0.2, -0.15) is 10.1 Å². The summed E-state index contributed by atoms with van der Waals surface area (Å²) in [6, 6.07) is 7.91. The first-order valence-electron chi connectivity index (χ1n) is 8.16. The second kappa shape index (κ2) is 6.56. The van der Waals surface area contributed by atoms with E-state index in [-0.39, 0.29) is 18.9 Å². The highest BCUT2D eigenvalue weighted by molar-refractivity contribution is 5.61. The Morgan fingerprint density at radius 2 is 2.12 bits per heavy atom. The van der Waals surface area contributed by atoms with Gasteiger partial charge in [0, 0.05) is 24.0 Å². The topological polar surface area (TPSA) is 87.2 Å². The summed E-state index contributed by atoms with van der Waals surface area (Å²) in [5.41, 5.74) is 0.831. The normalized spacial score (nSPS) is 15.3. The van der Waals surface area contributed by atoms with Gasteiger partial charge < -0.3 is 19.3 Å². The largest absolute Gasteiger partial charge is 0.454 e. The first-order valence-corrected chi connectivity index (χ1v) is 8.16. The molecule has 25 heavy (non-hydrogen) atoms. The van der Waals surface area contributed by atoms with Gasteiger partial charge in [-0.25, -0.2) is 0 Å². The maximum atomic E-state index is 5.38. The lowest BCUT2D eigenvalue weighted by Crippen LogP contribution is -2.33. The van der Waals surface area contributed by atoms with Crippen LogP contribution in [-0.2, 0) is 6.54 Å². The van der Waals surface area contributed by atoms with Crippen LogP contribution in [0.5, 0.6) is 11.5 Å². The fraction of sp³-hybridized carbons (Fsp3) is 0.353. The first-order chi connectivity index (χ1) is 12.2. The molecule has 1 aliphatic heterocycles. The lowest BCUT2D eigenvalue weighted by molar-refractivity contribution is 0.174. The fourth-order valence-corrected chi connectivity index (χ4v) is 2.65. The number of benzene rings is 1. The standard InChI is InChI=1S/C17H19N5O3/c1-11(12(2)22-7-3-6-19-22)18-9-16-20-17(21-25-16)13-4-5-14-15(8-13)24-10-23-14/h3-8,11-12,18H,9-10H2,1-2H3. The molecule has 1 N–H and O–H groups in total. The zero-order valence-corrected chi connectivity index (χ0v) is 14.0. The molecule has 130 valence electrons. The number of fused-ring (bicyclic) bond motifs is 1. The van der Waals surface area contributed by atoms with Gasteiger partial charge in [0.2, 0.25) is 18.5 Å². The molecule has 1 aromatic carbocycles. The predicted molar refractivity (Wildman–Crippen MR) is 89.1 cm³/mol. The number of nitrogens with one attached hydrogen (secondary N) is 1. The summed E-state index contributed by atoms with van der Waals surface area (Å²) >= 11 is 0. The molecule has 8 nitrogen and oxygen atoms in total. The molecule has 2 atom stereocenters. The number of aromatic nitrogens is 4. The van der Waals surface area contributed by atoms with Crippen molar-refractivity contribution in [2.75, 3.05) is 6.79 Å². The Labute approximate surface area is 144 Å². The van der Waals surface area contributed by atoms with Gasteiger partial charge in [0.05, 0.1) is 12.6 Å². The molecule has 0 radical (unpaired) electrons. The monoisotopic (exact) mass is 341 g/mol. The fourth-order valence-electron chi connectivity index (χ4n) is 2.65. The van der Waals surface area contributed by atoms with E-state index in [0.717, 1.165) is 11.3 Å². The van der Waals surface area contributed by atoms with E-state index in [1.54, 1.807) is 6.20 Å². The lowest BCUT2D eigenvalue weighted by Gasteiger charge is -2.20. The molecule has 3 heterocycles. The minimum absolute atomic E-state index is 0.195. The number of hydrogen-bond acceptors (Lipinski definition) is 7. The Kier molecular flexibility index (Phi) is 4.10. The maximum absolute atomic E-state index is 5.38. The second-order valence-corrected chi connectivity index (χ2v) is 5.98. The van der Waals surface area contributed by atoms with Crippen LogP contribution in [0.15, 0.2) is 41.2 Å². The van der Waals surface area contributed by atoms with Crippen molar-refractivity contribution in [3.63, 3.8) is 0 Å². The van der Waals surface area contributed by atoms with E-state index in [9.17, 15) is 0 Å². The smallest absolute Gasteiger partial charge is 0.240 e. The average molecular weight is 341 g/mol. The molecule has 0 aliphatic carbocycles. The van der Waals surface area contributed by atoms with E-state index >= 15 is 0 Å². The molecule has 0 saturated heterocycles. The van der Waals surface area contributed by atoms with Gasteiger partial charge >= 0.3 is 0 Å². The third kappa shape index (κ3) is 3.20. The highest BCUT2D eigenvalue weighted by Gasteiger charge is 2.18. The number of ether oxygens (including phenoxy) is 2. The van der Waals surface area contributed by atoms with E-state index in [4.69, 9.17) is 14.0 Å².